The van der Waals surface area contributed by atoms with Crippen molar-refractivity contribution in [3.8, 4) is 0 Å². The van der Waals surface area contributed by atoms with Gasteiger partial charge in [-0.05, 0) is 37.5 Å². The molecule has 8 nitrogen and oxygen atoms in total. The molecule has 1 aromatic rings. The number of aryl methyl sites for hydroxylation is 1. The van der Waals surface area contributed by atoms with E-state index in [2.05, 4.69) is 4.72 Å². The predicted octanol–water partition coefficient (Wildman–Crippen LogP) is 1.88. The van der Waals surface area contributed by atoms with Crippen LogP contribution in [-0.2, 0) is 19.6 Å². The molecule has 1 saturated carbocycles. The molecule has 30 heavy (non-hydrogen) atoms. The summed E-state index contributed by atoms with van der Waals surface area (Å²) in [4.78, 5) is 40.2. The molecular weight excluding hydrogens is 426 g/mol. The van der Waals surface area contributed by atoms with E-state index in [0.717, 1.165) is 36.6 Å². The lowest BCUT2D eigenvalue weighted by Gasteiger charge is -2.48. The molecule has 1 N–H and O–H groups in total. The van der Waals surface area contributed by atoms with Gasteiger partial charge in [-0.15, -0.1) is 0 Å². The van der Waals surface area contributed by atoms with Gasteiger partial charge in [-0.25, -0.2) is 8.42 Å². The van der Waals surface area contributed by atoms with Gasteiger partial charge in [-0.2, -0.15) is 4.72 Å². The van der Waals surface area contributed by atoms with Gasteiger partial charge in [-0.3, -0.25) is 19.3 Å². The van der Waals surface area contributed by atoms with E-state index in [-0.39, 0.29) is 46.8 Å². The van der Waals surface area contributed by atoms with Crippen molar-refractivity contribution >= 4 is 38.8 Å². The molecule has 0 atom stereocenters. The number of hydrogen-bond acceptors (Lipinski definition) is 6. The monoisotopic (exact) mass is 451 g/mol. The number of carbonyl (C=O) groups is 3. The maximum absolute atomic E-state index is 13.4. The van der Waals surface area contributed by atoms with Crippen molar-refractivity contribution in [2.24, 2.45) is 0 Å². The van der Waals surface area contributed by atoms with Crippen LogP contribution in [0.3, 0.4) is 0 Å². The number of rotatable bonds is 5. The molecule has 3 amide bonds. The third-order valence-electron chi connectivity index (χ3n) is 6.05. The first-order chi connectivity index (χ1) is 14.2. The fourth-order valence-electron chi connectivity index (χ4n) is 4.42. The molecule has 0 unspecified atom stereocenters. The molecule has 3 fully saturated rings. The Kier molecular flexibility index (Phi) is 5.67. The number of nitrogens with one attached hydrogen (secondary N) is 1. The van der Waals surface area contributed by atoms with Crippen LogP contribution in [0.4, 0.5) is 4.79 Å². The first kappa shape index (κ1) is 21.3. The molecule has 162 valence electrons. The summed E-state index contributed by atoms with van der Waals surface area (Å²) in [5.41, 5.74) is -0.357. The van der Waals surface area contributed by atoms with Gasteiger partial charge < -0.3 is 4.90 Å². The first-order valence-electron chi connectivity index (χ1n) is 10.1. The first-order valence-corrected chi connectivity index (χ1v) is 12.6. The van der Waals surface area contributed by atoms with E-state index in [1.807, 2.05) is 13.0 Å². The fraction of sp³-hybridized carbons (Fsp3) is 0.550. The Morgan fingerprint density at radius 3 is 2.47 bits per heavy atom. The number of sulfonamides is 1. The summed E-state index contributed by atoms with van der Waals surface area (Å²) in [6, 6.07) is 6.29. The molecule has 0 aromatic heterocycles. The number of likely N-dealkylation sites (tertiary alicyclic amines) is 1. The van der Waals surface area contributed by atoms with Crippen LogP contribution in [0.15, 0.2) is 29.2 Å². The summed E-state index contributed by atoms with van der Waals surface area (Å²) in [6.45, 7) is 2.33. The van der Waals surface area contributed by atoms with Crippen molar-refractivity contribution in [3.05, 3.63) is 29.8 Å². The standard InChI is InChI=1S/C20H25N3O5S2/c1-14-6-5-7-16(10-14)30(27,28)21-20(8-3-2-4-9-20)18(25)22-11-15(12-22)23-17(24)13-29-19(23)26/h5-7,10,15,21H,2-4,8-9,11-13H2,1H3. The van der Waals surface area contributed by atoms with Gasteiger partial charge >= 0.3 is 0 Å². The summed E-state index contributed by atoms with van der Waals surface area (Å²) in [7, 11) is -3.87. The highest BCUT2D eigenvalue weighted by Crippen LogP contribution is 2.34. The van der Waals surface area contributed by atoms with Crippen molar-refractivity contribution in [2.75, 3.05) is 18.8 Å². The van der Waals surface area contributed by atoms with Crippen molar-refractivity contribution in [1.29, 1.82) is 0 Å². The Bertz CT molecular complexity index is 966. The Morgan fingerprint density at radius 2 is 1.87 bits per heavy atom. The number of nitrogens with zero attached hydrogens (tertiary/aromatic N) is 2. The second-order valence-electron chi connectivity index (χ2n) is 8.25. The minimum Gasteiger partial charge on any atom is -0.337 e. The zero-order valence-corrected chi connectivity index (χ0v) is 18.4. The summed E-state index contributed by atoms with van der Waals surface area (Å²) in [5.74, 6) is -0.347. The lowest BCUT2D eigenvalue weighted by atomic mass is 9.80. The Morgan fingerprint density at radius 1 is 1.17 bits per heavy atom. The largest absolute Gasteiger partial charge is 0.337 e. The highest BCUT2D eigenvalue weighted by molar-refractivity contribution is 8.14. The van der Waals surface area contributed by atoms with E-state index >= 15 is 0 Å². The van der Waals surface area contributed by atoms with Crippen LogP contribution in [0.25, 0.3) is 0 Å². The molecule has 4 rings (SSSR count). The third kappa shape index (κ3) is 3.88. The van der Waals surface area contributed by atoms with Crippen LogP contribution in [0.1, 0.15) is 37.7 Å². The molecule has 2 aliphatic heterocycles. The molecule has 2 saturated heterocycles. The van der Waals surface area contributed by atoms with Crippen LogP contribution in [-0.4, -0.2) is 65.7 Å². The molecule has 0 bridgehead atoms. The van der Waals surface area contributed by atoms with Gasteiger partial charge in [0.15, 0.2) is 0 Å². The molecule has 10 heteroatoms. The van der Waals surface area contributed by atoms with Gasteiger partial charge in [0.05, 0.1) is 16.7 Å². The quantitative estimate of drug-likeness (QED) is 0.733. The number of thioether (sulfide) groups is 1. The maximum atomic E-state index is 13.4. The second-order valence-corrected chi connectivity index (χ2v) is 10.9. The molecule has 2 heterocycles. The van der Waals surface area contributed by atoms with Crippen LogP contribution >= 0.6 is 11.8 Å². The maximum Gasteiger partial charge on any atom is 0.289 e. The number of benzene rings is 1. The summed E-state index contributed by atoms with van der Waals surface area (Å²) < 4.78 is 28.9. The summed E-state index contributed by atoms with van der Waals surface area (Å²) >= 11 is 0.977. The number of imide groups is 1. The lowest BCUT2D eigenvalue weighted by Crippen LogP contribution is -2.69. The van der Waals surface area contributed by atoms with Crippen molar-refractivity contribution in [3.63, 3.8) is 0 Å². The second kappa shape index (κ2) is 7.97. The van der Waals surface area contributed by atoms with Crippen LogP contribution in [0.2, 0.25) is 0 Å². The van der Waals surface area contributed by atoms with Gasteiger partial charge in [0.1, 0.15) is 5.54 Å². The zero-order valence-electron chi connectivity index (χ0n) is 16.8. The molecule has 1 aliphatic carbocycles. The fourth-order valence-corrected chi connectivity index (χ4v) is 6.72. The Hall–Kier alpha value is -1.91. The average molecular weight is 452 g/mol. The van der Waals surface area contributed by atoms with E-state index in [9.17, 15) is 22.8 Å². The molecule has 0 spiro atoms. The molecule has 1 aromatic carbocycles. The smallest absolute Gasteiger partial charge is 0.289 e. The highest BCUT2D eigenvalue weighted by Gasteiger charge is 2.50. The van der Waals surface area contributed by atoms with E-state index in [0.29, 0.717) is 12.8 Å². The van der Waals surface area contributed by atoms with Crippen LogP contribution < -0.4 is 4.72 Å². The zero-order chi connectivity index (χ0) is 21.5. The summed E-state index contributed by atoms with van der Waals surface area (Å²) in [6.07, 6.45) is 3.36. The van der Waals surface area contributed by atoms with Gasteiger partial charge in [0.2, 0.25) is 21.8 Å². The van der Waals surface area contributed by atoms with Gasteiger partial charge in [-0.1, -0.05) is 43.2 Å². The molecule has 0 radical (unpaired) electrons. The summed E-state index contributed by atoms with van der Waals surface area (Å²) in [5, 5.41) is -0.273. The van der Waals surface area contributed by atoms with Crippen LogP contribution in [0.5, 0.6) is 0 Å². The number of carbonyl (C=O) groups excluding carboxylic acids is 3. The minimum absolute atomic E-state index is 0.142. The SMILES string of the molecule is Cc1cccc(S(=O)(=O)NC2(C(=O)N3CC(N4C(=O)CSC4=O)C3)CCCCC2)c1. The van der Waals surface area contributed by atoms with E-state index in [1.165, 1.54) is 11.0 Å². The number of hydrogen-bond donors (Lipinski definition) is 1. The highest BCUT2D eigenvalue weighted by atomic mass is 32.2. The number of amides is 3. The van der Waals surface area contributed by atoms with Crippen LogP contribution in [0, 0.1) is 6.92 Å². The topological polar surface area (TPSA) is 104 Å². The predicted molar refractivity (Wildman–Crippen MR) is 112 cm³/mol. The van der Waals surface area contributed by atoms with E-state index in [1.54, 1.807) is 17.0 Å². The minimum atomic E-state index is -3.87. The van der Waals surface area contributed by atoms with Gasteiger partial charge in [0.25, 0.3) is 5.24 Å². The van der Waals surface area contributed by atoms with E-state index in [4.69, 9.17) is 0 Å². The average Bonchev–Trinajstić information content (AvgIpc) is 3.00. The normalized spacial score (nSPS) is 22.3. The molecule has 3 aliphatic rings. The lowest BCUT2D eigenvalue weighted by molar-refractivity contribution is -0.148. The van der Waals surface area contributed by atoms with Gasteiger partial charge in [0, 0.05) is 13.1 Å². The van der Waals surface area contributed by atoms with Crippen molar-refractivity contribution in [2.45, 2.75) is 55.5 Å². The third-order valence-corrected chi connectivity index (χ3v) is 8.41. The van der Waals surface area contributed by atoms with Crippen molar-refractivity contribution in [1.82, 2.24) is 14.5 Å². The molecular formula is C20H25N3O5S2. The van der Waals surface area contributed by atoms with Crippen molar-refractivity contribution < 1.29 is 22.8 Å². The van der Waals surface area contributed by atoms with E-state index < -0.39 is 15.6 Å². The Labute approximate surface area is 180 Å². The Balaban J connectivity index is 1.52.